The van der Waals surface area contributed by atoms with Crippen LogP contribution in [0.15, 0.2) is 42.6 Å². The monoisotopic (exact) mass is 432 g/mol. The van der Waals surface area contributed by atoms with Crippen LogP contribution >= 0.6 is 34.5 Å². The van der Waals surface area contributed by atoms with Crippen molar-refractivity contribution in [3.05, 3.63) is 63.8 Å². The molecule has 4 N–H and O–H groups in total. The van der Waals surface area contributed by atoms with Gasteiger partial charge in [-0.3, -0.25) is 4.79 Å². The Hall–Kier alpha value is -2.12. The molecule has 0 bridgehead atoms. The molecule has 1 amide bonds. The first-order valence-corrected chi connectivity index (χ1v) is 10.4. The Bertz CT molecular complexity index is 1040. The Morgan fingerprint density at radius 3 is 2.93 bits per heavy atom. The molecule has 2 heterocycles. The van der Waals surface area contributed by atoms with Crippen LogP contribution in [0, 0.1) is 0 Å². The molecule has 28 heavy (non-hydrogen) atoms. The summed E-state index contributed by atoms with van der Waals surface area (Å²) in [4.78, 5) is 17.0. The standard InChI is InChI=1S/C20H18Cl2N4OS/c21-14-3-1-11(16(22)8-14)6-15(23)9-24-20-25-10-18(28-20)12-2-4-17-13(5-12)7-19(27)26-17/h1-5,8,10,15H,6-7,9,23H2,(H,24,25)(H,26,27)/t15-/m0/s1. The van der Waals surface area contributed by atoms with Crippen LogP contribution in [0.25, 0.3) is 10.4 Å². The summed E-state index contributed by atoms with van der Waals surface area (Å²) in [6, 6.07) is 11.3. The molecule has 0 saturated heterocycles. The molecule has 8 heteroatoms. The van der Waals surface area contributed by atoms with Gasteiger partial charge in [-0.15, -0.1) is 0 Å². The van der Waals surface area contributed by atoms with E-state index in [4.69, 9.17) is 28.9 Å². The number of carbonyl (C=O) groups excluding carboxylic acids is 1. The van der Waals surface area contributed by atoms with Gasteiger partial charge >= 0.3 is 0 Å². The normalized spacial score (nSPS) is 13.9. The van der Waals surface area contributed by atoms with E-state index in [2.05, 4.69) is 15.6 Å². The number of nitrogens with two attached hydrogens (primary N) is 1. The van der Waals surface area contributed by atoms with Crippen LogP contribution in [0.1, 0.15) is 11.1 Å². The van der Waals surface area contributed by atoms with Crippen molar-refractivity contribution in [3.63, 3.8) is 0 Å². The molecule has 0 spiro atoms. The predicted octanol–water partition coefficient (Wildman–Crippen LogP) is 4.59. The van der Waals surface area contributed by atoms with E-state index in [1.807, 2.05) is 36.5 Å². The Morgan fingerprint density at radius 1 is 1.25 bits per heavy atom. The lowest BCUT2D eigenvalue weighted by molar-refractivity contribution is -0.115. The second-order valence-corrected chi connectivity index (χ2v) is 8.58. The molecule has 0 unspecified atom stereocenters. The highest BCUT2D eigenvalue weighted by Gasteiger charge is 2.18. The van der Waals surface area contributed by atoms with Gasteiger partial charge < -0.3 is 16.4 Å². The highest BCUT2D eigenvalue weighted by atomic mass is 35.5. The average molecular weight is 433 g/mol. The molecule has 0 saturated carbocycles. The lowest BCUT2D eigenvalue weighted by Crippen LogP contribution is -2.31. The second-order valence-electron chi connectivity index (χ2n) is 6.71. The molecule has 5 nitrogen and oxygen atoms in total. The molecule has 2 aromatic carbocycles. The first-order valence-electron chi connectivity index (χ1n) is 8.80. The SMILES string of the molecule is N[C@H](CNc1ncc(-c2ccc3c(c2)CC(=O)N3)s1)Cc1ccc(Cl)cc1Cl. The lowest BCUT2D eigenvalue weighted by Gasteiger charge is -2.13. The van der Waals surface area contributed by atoms with Gasteiger partial charge in [-0.1, -0.05) is 46.7 Å². The van der Waals surface area contributed by atoms with Gasteiger partial charge in [0, 0.05) is 34.5 Å². The van der Waals surface area contributed by atoms with Gasteiger partial charge in [0.15, 0.2) is 5.13 Å². The average Bonchev–Trinajstić information content (AvgIpc) is 3.27. The van der Waals surface area contributed by atoms with Gasteiger partial charge in [-0.2, -0.15) is 0 Å². The Morgan fingerprint density at radius 2 is 2.11 bits per heavy atom. The number of halogens is 2. The van der Waals surface area contributed by atoms with Crippen molar-refractivity contribution in [2.45, 2.75) is 18.9 Å². The zero-order chi connectivity index (χ0) is 19.7. The van der Waals surface area contributed by atoms with Crippen molar-refractivity contribution >= 4 is 51.3 Å². The van der Waals surface area contributed by atoms with E-state index in [-0.39, 0.29) is 11.9 Å². The van der Waals surface area contributed by atoms with E-state index < -0.39 is 0 Å². The van der Waals surface area contributed by atoms with Gasteiger partial charge in [0.05, 0.1) is 11.3 Å². The van der Waals surface area contributed by atoms with Gasteiger partial charge in [0.1, 0.15) is 0 Å². The van der Waals surface area contributed by atoms with Crippen LogP contribution < -0.4 is 16.4 Å². The fraction of sp³-hybridized carbons (Fsp3) is 0.200. The minimum atomic E-state index is -0.108. The molecule has 1 atom stereocenters. The summed E-state index contributed by atoms with van der Waals surface area (Å²) in [7, 11) is 0. The van der Waals surface area contributed by atoms with Crippen LogP contribution in [0.5, 0.6) is 0 Å². The third-order valence-corrected chi connectivity index (χ3v) is 6.12. The Kier molecular flexibility index (Phi) is 5.55. The van der Waals surface area contributed by atoms with E-state index >= 15 is 0 Å². The quantitative estimate of drug-likeness (QED) is 0.531. The van der Waals surface area contributed by atoms with Crippen LogP contribution in [0.3, 0.4) is 0 Å². The zero-order valence-corrected chi connectivity index (χ0v) is 17.2. The molecule has 0 fully saturated rings. The van der Waals surface area contributed by atoms with Crippen LogP contribution in [-0.4, -0.2) is 23.5 Å². The third kappa shape index (κ3) is 4.31. The zero-order valence-electron chi connectivity index (χ0n) is 14.8. The van der Waals surface area contributed by atoms with E-state index in [0.29, 0.717) is 29.4 Å². The number of carbonyl (C=O) groups is 1. The van der Waals surface area contributed by atoms with Crippen molar-refractivity contribution in [2.24, 2.45) is 5.73 Å². The number of amides is 1. The number of nitrogens with one attached hydrogen (secondary N) is 2. The highest BCUT2D eigenvalue weighted by molar-refractivity contribution is 7.18. The fourth-order valence-electron chi connectivity index (χ4n) is 3.13. The van der Waals surface area contributed by atoms with E-state index in [1.165, 1.54) is 0 Å². The lowest BCUT2D eigenvalue weighted by atomic mass is 10.1. The van der Waals surface area contributed by atoms with Gasteiger partial charge in [0.25, 0.3) is 0 Å². The number of aromatic nitrogens is 1. The van der Waals surface area contributed by atoms with E-state index in [1.54, 1.807) is 17.4 Å². The molecule has 1 aliphatic heterocycles. The smallest absolute Gasteiger partial charge is 0.228 e. The number of hydrogen-bond acceptors (Lipinski definition) is 5. The number of benzene rings is 2. The number of hydrogen-bond donors (Lipinski definition) is 3. The van der Waals surface area contributed by atoms with Crippen molar-refractivity contribution in [1.29, 1.82) is 0 Å². The summed E-state index contributed by atoms with van der Waals surface area (Å²) in [6.45, 7) is 0.578. The minimum Gasteiger partial charge on any atom is -0.360 e. The summed E-state index contributed by atoms with van der Waals surface area (Å²) in [6.07, 6.45) is 2.91. The number of rotatable bonds is 6. The molecular formula is C20H18Cl2N4OS. The fourth-order valence-corrected chi connectivity index (χ4v) is 4.44. The van der Waals surface area contributed by atoms with Gasteiger partial charge in [-0.05, 0) is 47.4 Å². The van der Waals surface area contributed by atoms with Crippen molar-refractivity contribution < 1.29 is 4.79 Å². The second kappa shape index (κ2) is 8.09. The van der Waals surface area contributed by atoms with Gasteiger partial charge in [0.2, 0.25) is 5.91 Å². The summed E-state index contributed by atoms with van der Waals surface area (Å²) in [5.41, 5.74) is 10.2. The maximum absolute atomic E-state index is 11.5. The maximum atomic E-state index is 11.5. The number of anilines is 2. The van der Waals surface area contributed by atoms with E-state index in [9.17, 15) is 4.79 Å². The van der Waals surface area contributed by atoms with E-state index in [0.717, 1.165) is 32.4 Å². The molecule has 1 aliphatic rings. The molecule has 0 aliphatic carbocycles. The van der Waals surface area contributed by atoms with Crippen molar-refractivity contribution in [2.75, 3.05) is 17.2 Å². The minimum absolute atomic E-state index is 0.0357. The van der Waals surface area contributed by atoms with Crippen LogP contribution in [0.4, 0.5) is 10.8 Å². The first kappa shape index (κ1) is 19.2. The van der Waals surface area contributed by atoms with Crippen LogP contribution in [-0.2, 0) is 17.6 Å². The molecule has 144 valence electrons. The summed E-state index contributed by atoms with van der Waals surface area (Å²) in [5, 5.41) is 8.19. The van der Waals surface area contributed by atoms with Crippen molar-refractivity contribution in [1.82, 2.24) is 4.98 Å². The summed E-state index contributed by atoms with van der Waals surface area (Å²) < 4.78 is 0. The number of thiazole rings is 1. The first-order chi connectivity index (χ1) is 13.5. The molecule has 0 radical (unpaired) electrons. The predicted molar refractivity (Wildman–Crippen MR) is 117 cm³/mol. The maximum Gasteiger partial charge on any atom is 0.228 e. The summed E-state index contributed by atoms with van der Waals surface area (Å²) >= 11 is 13.7. The van der Waals surface area contributed by atoms with Crippen molar-refractivity contribution in [3.8, 4) is 10.4 Å². The molecule has 1 aromatic heterocycles. The molecular weight excluding hydrogens is 415 g/mol. The molecule has 4 rings (SSSR count). The Labute approximate surface area is 176 Å². The topological polar surface area (TPSA) is 80.0 Å². The third-order valence-electron chi connectivity index (χ3n) is 4.53. The van der Waals surface area contributed by atoms with Crippen LogP contribution in [0.2, 0.25) is 10.0 Å². The largest absolute Gasteiger partial charge is 0.360 e. The molecule has 3 aromatic rings. The number of fused-ring (bicyclic) bond motifs is 1. The number of nitrogens with zero attached hydrogens (tertiary/aromatic N) is 1. The van der Waals surface area contributed by atoms with Gasteiger partial charge in [-0.25, -0.2) is 4.98 Å². The highest BCUT2D eigenvalue weighted by Crippen LogP contribution is 2.33. The summed E-state index contributed by atoms with van der Waals surface area (Å²) in [5.74, 6) is 0.0357. The Balaban J connectivity index is 1.37.